The molecule has 0 saturated heterocycles. The van der Waals surface area contributed by atoms with Crippen LogP contribution in [0.25, 0.3) is 0 Å². The Bertz CT molecular complexity index is 434. The molecule has 0 spiro atoms. The molecule has 1 aliphatic rings. The van der Waals surface area contributed by atoms with Gasteiger partial charge in [-0.25, -0.2) is 0 Å². The average molecular weight is 244 g/mol. The third-order valence-corrected chi connectivity index (χ3v) is 3.33. The summed E-state index contributed by atoms with van der Waals surface area (Å²) in [4.78, 5) is 10.9. The van der Waals surface area contributed by atoms with E-state index in [1.807, 2.05) is 12.1 Å². The van der Waals surface area contributed by atoms with Crippen LogP contribution in [0, 0.1) is 0 Å². The van der Waals surface area contributed by atoms with Gasteiger partial charge < -0.3 is 11.1 Å². The van der Waals surface area contributed by atoms with Crippen molar-refractivity contribution in [3.05, 3.63) is 47.0 Å². The Hall–Kier alpha value is -1.61. The number of nitrogens with one attached hydrogen (secondary N) is 1. The lowest BCUT2D eigenvalue weighted by atomic mass is 10.1. The lowest BCUT2D eigenvalue weighted by Crippen LogP contribution is -2.15. The van der Waals surface area contributed by atoms with Crippen LogP contribution in [0.15, 0.2) is 35.9 Å². The summed E-state index contributed by atoms with van der Waals surface area (Å²) in [7, 11) is 0. The summed E-state index contributed by atoms with van der Waals surface area (Å²) in [6.07, 6.45) is 7.37. The Kier molecular flexibility index (Phi) is 4.53. The summed E-state index contributed by atoms with van der Waals surface area (Å²) in [6.45, 7) is 1.86. The molecule has 3 heteroatoms. The van der Waals surface area contributed by atoms with E-state index in [2.05, 4.69) is 11.4 Å². The Labute approximate surface area is 108 Å². The van der Waals surface area contributed by atoms with Crippen molar-refractivity contribution in [1.29, 1.82) is 0 Å². The molecule has 0 saturated carbocycles. The second-order valence-corrected chi connectivity index (χ2v) is 4.74. The van der Waals surface area contributed by atoms with E-state index < -0.39 is 0 Å². The summed E-state index contributed by atoms with van der Waals surface area (Å²) in [6, 6.07) is 7.45. The van der Waals surface area contributed by atoms with Crippen molar-refractivity contribution in [3.63, 3.8) is 0 Å². The van der Waals surface area contributed by atoms with Crippen molar-refractivity contribution in [2.75, 3.05) is 6.54 Å². The standard InChI is InChI=1S/C15H20N2O/c16-15(18)14-7-5-13(6-8-14)11-17-10-9-12-3-1-2-4-12/h3,5-8,17H,1-2,4,9-11H2,(H2,16,18). The quantitative estimate of drug-likeness (QED) is 0.596. The summed E-state index contributed by atoms with van der Waals surface area (Å²) >= 11 is 0. The van der Waals surface area contributed by atoms with Gasteiger partial charge in [-0.3, -0.25) is 4.79 Å². The Balaban J connectivity index is 1.71. The molecule has 0 atom stereocenters. The van der Waals surface area contributed by atoms with Gasteiger partial charge in [-0.2, -0.15) is 0 Å². The number of rotatable bonds is 6. The zero-order valence-corrected chi connectivity index (χ0v) is 10.6. The first-order chi connectivity index (χ1) is 8.75. The lowest BCUT2D eigenvalue weighted by molar-refractivity contribution is 0.100. The SMILES string of the molecule is NC(=O)c1ccc(CNCCC2=CCCC2)cc1. The van der Waals surface area contributed by atoms with Gasteiger partial charge in [0.25, 0.3) is 0 Å². The number of hydrogen-bond donors (Lipinski definition) is 2. The van der Waals surface area contributed by atoms with Crippen molar-refractivity contribution >= 4 is 5.91 Å². The summed E-state index contributed by atoms with van der Waals surface area (Å²) in [5, 5.41) is 3.42. The number of carbonyl (C=O) groups is 1. The number of carbonyl (C=O) groups excluding carboxylic acids is 1. The number of allylic oxidation sites excluding steroid dienone is 1. The second kappa shape index (κ2) is 6.36. The van der Waals surface area contributed by atoms with Crippen molar-refractivity contribution in [1.82, 2.24) is 5.32 Å². The van der Waals surface area contributed by atoms with E-state index in [9.17, 15) is 4.79 Å². The predicted octanol–water partition coefficient (Wildman–Crippen LogP) is 2.38. The molecule has 0 heterocycles. The number of nitrogens with two attached hydrogens (primary N) is 1. The molecule has 96 valence electrons. The first-order valence-corrected chi connectivity index (χ1v) is 6.53. The maximum Gasteiger partial charge on any atom is 0.248 e. The molecule has 3 N–H and O–H groups in total. The average Bonchev–Trinajstić information content (AvgIpc) is 2.88. The molecule has 3 nitrogen and oxygen atoms in total. The van der Waals surface area contributed by atoms with Crippen LogP contribution in [-0.4, -0.2) is 12.5 Å². The molecule has 0 aromatic heterocycles. The van der Waals surface area contributed by atoms with Crippen molar-refractivity contribution in [3.8, 4) is 0 Å². The van der Waals surface area contributed by atoms with Crippen LogP contribution in [0.5, 0.6) is 0 Å². The highest BCUT2D eigenvalue weighted by atomic mass is 16.1. The number of benzene rings is 1. The molecule has 1 amide bonds. The highest BCUT2D eigenvalue weighted by Crippen LogP contribution is 2.19. The highest BCUT2D eigenvalue weighted by molar-refractivity contribution is 5.92. The van der Waals surface area contributed by atoms with Gasteiger partial charge in [0.05, 0.1) is 0 Å². The molecule has 1 aromatic rings. The van der Waals surface area contributed by atoms with Crippen molar-refractivity contribution in [2.45, 2.75) is 32.2 Å². The molecule has 18 heavy (non-hydrogen) atoms. The third kappa shape index (κ3) is 3.70. The number of primary amides is 1. The van der Waals surface area contributed by atoms with E-state index in [1.165, 1.54) is 24.8 Å². The fraction of sp³-hybridized carbons (Fsp3) is 0.400. The first kappa shape index (κ1) is 12.8. The fourth-order valence-corrected chi connectivity index (χ4v) is 2.23. The predicted molar refractivity (Wildman–Crippen MR) is 73.2 cm³/mol. The number of amides is 1. The van der Waals surface area contributed by atoms with Gasteiger partial charge in [0.1, 0.15) is 0 Å². The molecule has 0 radical (unpaired) electrons. The van der Waals surface area contributed by atoms with Gasteiger partial charge >= 0.3 is 0 Å². The summed E-state index contributed by atoms with van der Waals surface area (Å²) in [5.74, 6) is -0.373. The van der Waals surface area contributed by atoms with Crippen LogP contribution in [0.1, 0.15) is 41.6 Å². The number of hydrogen-bond acceptors (Lipinski definition) is 2. The molecule has 1 aromatic carbocycles. The van der Waals surface area contributed by atoms with Gasteiger partial charge in [-0.15, -0.1) is 0 Å². The van der Waals surface area contributed by atoms with Crippen LogP contribution in [0.4, 0.5) is 0 Å². The van der Waals surface area contributed by atoms with E-state index in [4.69, 9.17) is 5.73 Å². The normalized spacial score (nSPS) is 14.6. The van der Waals surface area contributed by atoms with Gasteiger partial charge in [-0.05, 0) is 49.9 Å². The highest BCUT2D eigenvalue weighted by Gasteiger charge is 2.03. The van der Waals surface area contributed by atoms with Crippen LogP contribution < -0.4 is 11.1 Å². The summed E-state index contributed by atoms with van der Waals surface area (Å²) in [5.41, 5.74) is 8.53. The topological polar surface area (TPSA) is 55.1 Å². The van der Waals surface area contributed by atoms with E-state index in [1.54, 1.807) is 17.7 Å². The molecule has 0 aliphatic heterocycles. The largest absolute Gasteiger partial charge is 0.366 e. The lowest BCUT2D eigenvalue weighted by Gasteiger charge is -2.06. The fourth-order valence-electron chi connectivity index (χ4n) is 2.23. The maximum atomic E-state index is 10.9. The third-order valence-electron chi connectivity index (χ3n) is 3.33. The Morgan fingerprint density at radius 1 is 1.28 bits per heavy atom. The molecule has 0 fully saturated rings. The Morgan fingerprint density at radius 3 is 2.67 bits per heavy atom. The van der Waals surface area contributed by atoms with E-state index in [0.717, 1.165) is 19.5 Å². The van der Waals surface area contributed by atoms with Crippen LogP contribution in [0.3, 0.4) is 0 Å². The molecule has 0 bridgehead atoms. The molecule has 2 rings (SSSR count). The zero-order chi connectivity index (χ0) is 12.8. The first-order valence-electron chi connectivity index (χ1n) is 6.53. The van der Waals surface area contributed by atoms with E-state index in [0.29, 0.717) is 5.56 Å². The minimum atomic E-state index is -0.373. The van der Waals surface area contributed by atoms with E-state index >= 15 is 0 Å². The molecular formula is C15H20N2O. The van der Waals surface area contributed by atoms with Crippen LogP contribution in [0.2, 0.25) is 0 Å². The van der Waals surface area contributed by atoms with Crippen molar-refractivity contribution in [2.24, 2.45) is 5.73 Å². The second-order valence-electron chi connectivity index (χ2n) is 4.74. The molecule has 1 aliphatic carbocycles. The minimum Gasteiger partial charge on any atom is -0.366 e. The Morgan fingerprint density at radius 2 is 2.06 bits per heavy atom. The van der Waals surface area contributed by atoms with Crippen molar-refractivity contribution < 1.29 is 4.79 Å². The minimum absolute atomic E-state index is 0.373. The van der Waals surface area contributed by atoms with Gasteiger partial charge in [0.15, 0.2) is 0 Å². The van der Waals surface area contributed by atoms with E-state index in [-0.39, 0.29) is 5.91 Å². The monoisotopic (exact) mass is 244 g/mol. The van der Waals surface area contributed by atoms with Crippen LogP contribution >= 0.6 is 0 Å². The summed E-state index contributed by atoms with van der Waals surface area (Å²) < 4.78 is 0. The van der Waals surface area contributed by atoms with Gasteiger partial charge in [-0.1, -0.05) is 23.8 Å². The zero-order valence-electron chi connectivity index (χ0n) is 10.6. The maximum absolute atomic E-state index is 10.9. The van der Waals surface area contributed by atoms with Crippen LogP contribution in [-0.2, 0) is 6.54 Å². The van der Waals surface area contributed by atoms with Gasteiger partial charge in [0, 0.05) is 12.1 Å². The van der Waals surface area contributed by atoms with Gasteiger partial charge in [0.2, 0.25) is 5.91 Å². The molecule has 0 unspecified atom stereocenters. The molecular weight excluding hydrogens is 224 g/mol. The smallest absolute Gasteiger partial charge is 0.248 e.